The van der Waals surface area contributed by atoms with Gasteiger partial charge in [0.05, 0.1) is 10.5 Å². The van der Waals surface area contributed by atoms with E-state index in [2.05, 4.69) is 5.32 Å². The molecule has 2 aromatic rings. The first-order valence-electron chi connectivity index (χ1n) is 6.89. The summed E-state index contributed by atoms with van der Waals surface area (Å²) in [4.78, 5) is 23.1. The van der Waals surface area contributed by atoms with Crippen molar-refractivity contribution in [3.05, 3.63) is 59.7 Å². The Morgan fingerprint density at radius 3 is 2.17 bits per heavy atom. The zero-order valence-corrected chi connectivity index (χ0v) is 13.9. The summed E-state index contributed by atoms with van der Waals surface area (Å²) in [6.45, 7) is 0. The Balaban J connectivity index is 2.23. The smallest absolute Gasteiger partial charge is 0.335 e. The zero-order valence-electron chi connectivity index (χ0n) is 13.1. The largest absolute Gasteiger partial charge is 0.478 e. The molecule has 7 nitrogen and oxygen atoms in total. The first kappa shape index (κ1) is 17.6. The summed E-state index contributed by atoms with van der Waals surface area (Å²) in [5.41, 5.74) is 0.693. The van der Waals surface area contributed by atoms with Crippen molar-refractivity contribution in [3.8, 4) is 0 Å². The topological polar surface area (TPSA) is 104 Å². The van der Waals surface area contributed by atoms with Crippen LogP contribution in [0.5, 0.6) is 0 Å². The summed E-state index contributed by atoms with van der Waals surface area (Å²) in [5.74, 6) is -1.55. The molecule has 0 aliphatic heterocycles. The van der Waals surface area contributed by atoms with Gasteiger partial charge in [0.1, 0.15) is 0 Å². The molecule has 0 bridgehead atoms. The number of carboxylic acid groups (broad SMARTS) is 1. The lowest BCUT2D eigenvalue weighted by molar-refractivity contribution is 0.0696. The van der Waals surface area contributed by atoms with Crippen LogP contribution in [0.2, 0.25) is 0 Å². The summed E-state index contributed by atoms with van der Waals surface area (Å²) < 4.78 is 25.3. The summed E-state index contributed by atoms with van der Waals surface area (Å²) in [5, 5.41) is 11.4. The maximum atomic E-state index is 12.2. The van der Waals surface area contributed by atoms with Gasteiger partial charge in [-0.3, -0.25) is 4.79 Å². The second-order valence-electron chi connectivity index (χ2n) is 5.15. The van der Waals surface area contributed by atoms with Gasteiger partial charge in [-0.05, 0) is 42.5 Å². The first-order valence-corrected chi connectivity index (χ1v) is 8.33. The van der Waals surface area contributed by atoms with Gasteiger partial charge < -0.3 is 10.4 Å². The molecule has 2 aromatic carbocycles. The van der Waals surface area contributed by atoms with E-state index in [0.29, 0.717) is 5.69 Å². The number of benzene rings is 2. The van der Waals surface area contributed by atoms with E-state index in [1.165, 1.54) is 62.6 Å². The Hall–Kier alpha value is -2.71. The lowest BCUT2D eigenvalue weighted by Crippen LogP contribution is -2.22. The predicted octanol–water partition coefficient (Wildman–Crippen LogP) is 1.89. The Bertz CT molecular complexity index is 874. The van der Waals surface area contributed by atoms with Crippen molar-refractivity contribution in [2.45, 2.75) is 4.90 Å². The average molecular weight is 348 g/mol. The van der Waals surface area contributed by atoms with Gasteiger partial charge in [0.25, 0.3) is 5.91 Å². The van der Waals surface area contributed by atoms with Crippen LogP contribution in [-0.4, -0.2) is 43.8 Å². The molecule has 0 aliphatic carbocycles. The number of amides is 1. The molecule has 0 unspecified atom stereocenters. The minimum Gasteiger partial charge on any atom is -0.478 e. The molecule has 0 atom stereocenters. The molecule has 0 radical (unpaired) electrons. The van der Waals surface area contributed by atoms with E-state index in [4.69, 9.17) is 5.11 Å². The van der Waals surface area contributed by atoms with Crippen LogP contribution in [0.3, 0.4) is 0 Å². The van der Waals surface area contributed by atoms with Crippen LogP contribution < -0.4 is 5.32 Å². The molecule has 2 N–H and O–H groups in total. The van der Waals surface area contributed by atoms with E-state index in [9.17, 15) is 18.0 Å². The summed E-state index contributed by atoms with van der Waals surface area (Å²) in [6, 6.07) is 11.3. The summed E-state index contributed by atoms with van der Waals surface area (Å²) in [7, 11) is -0.815. The third-order valence-corrected chi connectivity index (χ3v) is 5.08. The van der Waals surface area contributed by atoms with E-state index in [-0.39, 0.29) is 16.0 Å². The molecule has 0 spiro atoms. The second kappa shape index (κ2) is 6.81. The highest BCUT2D eigenvalue weighted by Gasteiger charge is 2.18. The van der Waals surface area contributed by atoms with E-state index >= 15 is 0 Å². The molecule has 2 rings (SSSR count). The van der Waals surface area contributed by atoms with E-state index in [1.807, 2.05) is 0 Å². The summed E-state index contributed by atoms with van der Waals surface area (Å²) >= 11 is 0. The predicted molar refractivity (Wildman–Crippen MR) is 88.7 cm³/mol. The van der Waals surface area contributed by atoms with Gasteiger partial charge in [-0.25, -0.2) is 17.5 Å². The molecule has 8 heteroatoms. The quantitative estimate of drug-likeness (QED) is 0.859. The maximum absolute atomic E-state index is 12.2. The van der Waals surface area contributed by atoms with E-state index in [0.717, 1.165) is 4.31 Å². The van der Waals surface area contributed by atoms with Gasteiger partial charge in [0.15, 0.2) is 0 Å². The fraction of sp³-hybridized carbons (Fsp3) is 0.125. The minimum atomic E-state index is -3.63. The van der Waals surface area contributed by atoms with Crippen molar-refractivity contribution >= 4 is 27.6 Å². The standard InChI is InChI=1S/C16H16N2O5S/c1-18(2)24(22,23)14-5-3-4-12(10-14)15(19)17-13-8-6-11(7-9-13)16(20)21/h3-10H,1-2H3,(H,17,19)(H,20,21). The maximum Gasteiger partial charge on any atom is 0.335 e. The third-order valence-electron chi connectivity index (χ3n) is 3.26. The number of hydrogen-bond donors (Lipinski definition) is 2. The Morgan fingerprint density at radius 1 is 1.00 bits per heavy atom. The van der Waals surface area contributed by atoms with Gasteiger partial charge in [-0.1, -0.05) is 6.07 Å². The Kier molecular flexibility index (Phi) is 5.01. The number of carbonyl (C=O) groups is 2. The number of rotatable bonds is 5. The van der Waals surface area contributed by atoms with Crippen LogP contribution in [0.25, 0.3) is 0 Å². The molecule has 24 heavy (non-hydrogen) atoms. The summed E-state index contributed by atoms with van der Waals surface area (Å²) in [6.07, 6.45) is 0. The van der Waals surface area contributed by atoms with E-state index in [1.54, 1.807) is 0 Å². The minimum absolute atomic E-state index is 0.0152. The number of nitrogens with one attached hydrogen (secondary N) is 1. The van der Waals surface area contributed by atoms with Crippen LogP contribution in [0.1, 0.15) is 20.7 Å². The number of sulfonamides is 1. The SMILES string of the molecule is CN(C)S(=O)(=O)c1cccc(C(=O)Nc2ccc(C(=O)O)cc2)c1. The molecule has 1 amide bonds. The highest BCUT2D eigenvalue weighted by Crippen LogP contribution is 2.17. The van der Waals surface area contributed by atoms with Crippen LogP contribution in [0.4, 0.5) is 5.69 Å². The normalized spacial score (nSPS) is 11.3. The van der Waals surface area contributed by atoms with Crippen LogP contribution >= 0.6 is 0 Å². The van der Waals surface area contributed by atoms with Gasteiger partial charge in [-0.15, -0.1) is 0 Å². The van der Waals surface area contributed by atoms with Gasteiger partial charge in [-0.2, -0.15) is 0 Å². The van der Waals surface area contributed by atoms with Crippen molar-refractivity contribution in [1.82, 2.24) is 4.31 Å². The molecule has 0 aliphatic rings. The molecule has 126 valence electrons. The third kappa shape index (κ3) is 3.79. The van der Waals surface area contributed by atoms with Gasteiger partial charge >= 0.3 is 5.97 Å². The average Bonchev–Trinajstić information content (AvgIpc) is 2.55. The van der Waals surface area contributed by atoms with Crippen LogP contribution in [-0.2, 0) is 10.0 Å². The number of anilines is 1. The zero-order chi connectivity index (χ0) is 17.9. The lowest BCUT2D eigenvalue weighted by Gasteiger charge is -2.12. The van der Waals surface area contributed by atoms with Gasteiger partial charge in [0.2, 0.25) is 10.0 Å². The van der Waals surface area contributed by atoms with Crippen LogP contribution in [0, 0.1) is 0 Å². The molecule has 0 heterocycles. The molecule has 0 aromatic heterocycles. The molecule has 0 fully saturated rings. The first-order chi connectivity index (χ1) is 11.2. The number of aromatic carboxylic acids is 1. The van der Waals surface area contributed by atoms with Gasteiger partial charge in [0, 0.05) is 25.3 Å². The highest BCUT2D eigenvalue weighted by molar-refractivity contribution is 7.89. The number of carbonyl (C=O) groups excluding carboxylic acids is 1. The molecule has 0 saturated heterocycles. The molecular formula is C16H16N2O5S. The lowest BCUT2D eigenvalue weighted by atomic mass is 10.2. The monoisotopic (exact) mass is 348 g/mol. The number of carboxylic acids is 1. The fourth-order valence-corrected chi connectivity index (χ4v) is 2.86. The van der Waals surface area contributed by atoms with Crippen molar-refractivity contribution in [1.29, 1.82) is 0 Å². The fourth-order valence-electron chi connectivity index (χ4n) is 1.91. The second-order valence-corrected chi connectivity index (χ2v) is 7.30. The Labute approximate surface area is 139 Å². The van der Waals surface area contributed by atoms with E-state index < -0.39 is 21.9 Å². The van der Waals surface area contributed by atoms with Crippen molar-refractivity contribution in [3.63, 3.8) is 0 Å². The van der Waals surface area contributed by atoms with Crippen LogP contribution in [0.15, 0.2) is 53.4 Å². The van der Waals surface area contributed by atoms with Crippen molar-refractivity contribution < 1.29 is 23.1 Å². The number of nitrogens with zero attached hydrogens (tertiary/aromatic N) is 1. The Morgan fingerprint density at radius 2 is 1.62 bits per heavy atom. The highest BCUT2D eigenvalue weighted by atomic mass is 32.2. The molecular weight excluding hydrogens is 332 g/mol. The van der Waals surface area contributed by atoms with Crippen molar-refractivity contribution in [2.75, 3.05) is 19.4 Å². The van der Waals surface area contributed by atoms with Crippen molar-refractivity contribution in [2.24, 2.45) is 0 Å². The molecule has 0 saturated carbocycles. The number of hydrogen-bond acceptors (Lipinski definition) is 4.